The van der Waals surface area contributed by atoms with E-state index >= 15 is 0 Å². The van der Waals surface area contributed by atoms with Gasteiger partial charge in [-0.25, -0.2) is 4.79 Å². The highest BCUT2D eigenvalue weighted by Gasteiger charge is 2.46. The van der Waals surface area contributed by atoms with E-state index in [1.54, 1.807) is 37.4 Å². The first kappa shape index (κ1) is 23.4. The highest BCUT2D eigenvalue weighted by Crippen LogP contribution is 2.47. The summed E-state index contributed by atoms with van der Waals surface area (Å²) >= 11 is 0. The SMILES string of the molecule is COc1ccc(NC(=O)Nc2ccc3c(c2)[C@@H]2C[C@H](CC(=O)NCC4CC4)O[C@@H](CO)[C@@H]2O3)cc1. The molecule has 2 heterocycles. The maximum atomic E-state index is 12.5. The second-order valence-corrected chi connectivity index (χ2v) is 9.42. The molecule has 0 bridgehead atoms. The van der Waals surface area contributed by atoms with Crippen LogP contribution in [-0.2, 0) is 9.53 Å². The van der Waals surface area contributed by atoms with Crippen LogP contribution in [0.1, 0.15) is 37.2 Å². The molecule has 2 aromatic carbocycles. The number of aliphatic hydroxyl groups is 1. The molecule has 35 heavy (non-hydrogen) atoms. The predicted molar refractivity (Wildman–Crippen MR) is 130 cm³/mol. The molecule has 0 aromatic heterocycles. The minimum absolute atomic E-state index is 0.0261. The topological polar surface area (TPSA) is 118 Å². The molecule has 4 atom stereocenters. The van der Waals surface area contributed by atoms with Crippen LogP contribution in [0.3, 0.4) is 0 Å². The monoisotopic (exact) mass is 481 g/mol. The number of urea groups is 1. The average Bonchev–Trinajstić information content (AvgIpc) is 3.62. The van der Waals surface area contributed by atoms with Gasteiger partial charge in [-0.05, 0) is 67.6 Å². The summed E-state index contributed by atoms with van der Waals surface area (Å²) in [7, 11) is 1.59. The van der Waals surface area contributed by atoms with Crippen molar-refractivity contribution in [3.63, 3.8) is 0 Å². The second-order valence-electron chi connectivity index (χ2n) is 9.42. The molecule has 1 saturated carbocycles. The molecule has 2 aromatic rings. The Labute approximate surface area is 204 Å². The van der Waals surface area contributed by atoms with E-state index < -0.39 is 6.10 Å². The van der Waals surface area contributed by atoms with Crippen molar-refractivity contribution in [3.8, 4) is 11.5 Å². The van der Waals surface area contributed by atoms with Gasteiger partial charge in [0.15, 0.2) is 0 Å². The van der Waals surface area contributed by atoms with E-state index in [1.165, 1.54) is 12.8 Å². The lowest BCUT2D eigenvalue weighted by molar-refractivity contribution is -0.142. The van der Waals surface area contributed by atoms with Crippen molar-refractivity contribution < 1.29 is 28.9 Å². The molecule has 1 saturated heterocycles. The number of hydrogen-bond donors (Lipinski definition) is 4. The van der Waals surface area contributed by atoms with Gasteiger partial charge < -0.3 is 35.3 Å². The molecule has 9 nitrogen and oxygen atoms in total. The summed E-state index contributed by atoms with van der Waals surface area (Å²) < 4.78 is 17.3. The van der Waals surface area contributed by atoms with Gasteiger partial charge >= 0.3 is 6.03 Å². The lowest BCUT2D eigenvalue weighted by Gasteiger charge is -2.37. The van der Waals surface area contributed by atoms with Gasteiger partial charge in [0.05, 0.1) is 26.2 Å². The van der Waals surface area contributed by atoms with Crippen molar-refractivity contribution in [1.82, 2.24) is 5.32 Å². The molecular formula is C26H31N3O6. The third-order valence-corrected chi connectivity index (χ3v) is 6.80. The summed E-state index contributed by atoms with van der Waals surface area (Å²) in [6, 6.07) is 12.2. The fourth-order valence-electron chi connectivity index (χ4n) is 4.79. The summed E-state index contributed by atoms with van der Waals surface area (Å²) in [5.74, 6) is 1.97. The van der Waals surface area contributed by atoms with E-state index in [9.17, 15) is 14.7 Å². The van der Waals surface area contributed by atoms with Gasteiger partial charge in [-0.1, -0.05) is 0 Å². The maximum absolute atomic E-state index is 12.5. The average molecular weight is 482 g/mol. The van der Waals surface area contributed by atoms with E-state index in [1.807, 2.05) is 12.1 Å². The largest absolute Gasteiger partial charge is 0.497 e. The summed E-state index contributed by atoms with van der Waals surface area (Å²) in [5, 5.41) is 18.6. The number of carbonyl (C=O) groups excluding carboxylic acids is 2. The standard InChI is InChI=1S/C26H31N3O6/c1-33-18-7-4-16(5-8-18)28-26(32)29-17-6-9-22-20(10-17)21-11-19(34-23(14-30)25(21)35-22)12-24(31)27-13-15-2-3-15/h4-10,15,19,21,23,25,30H,2-3,11-14H2,1H3,(H,27,31)(H2,28,29,32)/t19-,21+,23+,25-/m1/s1. The van der Waals surface area contributed by atoms with Crippen LogP contribution in [-0.4, -0.2) is 55.6 Å². The number of fused-ring (bicyclic) bond motifs is 3. The Morgan fingerprint density at radius 2 is 1.83 bits per heavy atom. The first-order valence-electron chi connectivity index (χ1n) is 12.1. The van der Waals surface area contributed by atoms with Crippen molar-refractivity contribution in [3.05, 3.63) is 48.0 Å². The van der Waals surface area contributed by atoms with E-state index in [-0.39, 0.29) is 43.1 Å². The number of methoxy groups -OCH3 is 1. The van der Waals surface area contributed by atoms with Crippen LogP contribution < -0.4 is 25.4 Å². The number of ether oxygens (including phenoxy) is 3. The van der Waals surface area contributed by atoms with E-state index in [2.05, 4.69) is 16.0 Å². The fraction of sp³-hybridized carbons (Fsp3) is 0.462. The van der Waals surface area contributed by atoms with Crippen molar-refractivity contribution >= 4 is 23.3 Å². The number of benzene rings is 2. The van der Waals surface area contributed by atoms with Gasteiger partial charge in [-0.2, -0.15) is 0 Å². The van der Waals surface area contributed by atoms with Crippen LogP contribution in [0.15, 0.2) is 42.5 Å². The number of amides is 3. The van der Waals surface area contributed by atoms with Crippen LogP contribution >= 0.6 is 0 Å². The number of anilines is 2. The Bertz CT molecular complexity index is 1070. The quantitative estimate of drug-likeness (QED) is 0.460. The first-order chi connectivity index (χ1) is 17.0. The maximum Gasteiger partial charge on any atom is 0.323 e. The summed E-state index contributed by atoms with van der Waals surface area (Å²) in [5.41, 5.74) is 2.22. The first-order valence-corrected chi connectivity index (χ1v) is 12.1. The Morgan fingerprint density at radius 3 is 2.54 bits per heavy atom. The number of rotatable bonds is 8. The molecule has 3 amide bonds. The number of carbonyl (C=O) groups is 2. The van der Waals surface area contributed by atoms with Crippen molar-refractivity contribution in [2.24, 2.45) is 5.92 Å². The van der Waals surface area contributed by atoms with Gasteiger partial charge in [-0.3, -0.25) is 4.79 Å². The molecule has 0 radical (unpaired) electrons. The molecule has 2 aliphatic heterocycles. The molecule has 2 fully saturated rings. The van der Waals surface area contributed by atoms with Crippen molar-refractivity contribution in [1.29, 1.82) is 0 Å². The molecule has 9 heteroatoms. The van der Waals surface area contributed by atoms with Crippen molar-refractivity contribution in [2.75, 3.05) is 30.9 Å². The van der Waals surface area contributed by atoms with Gasteiger partial charge in [0.2, 0.25) is 5.91 Å². The lowest BCUT2D eigenvalue weighted by atomic mass is 9.84. The van der Waals surface area contributed by atoms with E-state index in [0.717, 1.165) is 12.1 Å². The molecule has 0 unspecified atom stereocenters. The van der Waals surface area contributed by atoms with Crippen LogP contribution in [0.25, 0.3) is 0 Å². The van der Waals surface area contributed by atoms with Crippen molar-refractivity contribution in [2.45, 2.75) is 49.9 Å². The second kappa shape index (κ2) is 10.1. The normalized spacial score (nSPS) is 24.5. The Morgan fingerprint density at radius 1 is 1.09 bits per heavy atom. The zero-order valence-electron chi connectivity index (χ0n) is 19.7. The van der Waals surface area contributed by atoms with Gasteiger partial charge in [0, 0.05) is 29.4 Å². The Kier molecular flexibility index (Phi) is 6.79. The molecule has 1 aliphatic carbocycles. The molecule has 4 N–H and O–H groups in total. The zero-order valence-corrected chi connectivity index (χ0v) is 19.7. The number of nitrogens with one attached hydrogen (secondary N) is 3. The fourth-order valence-corrected chi connectivity index (χ4v) is 4.79. The van der Waals surface area contributed by atoms with E-state index in [4.69, 9.17) is 14.2 Å². The third-order valence-electron chi connectivity index (χ3n) is 6.80. The number of hydrogen-bond acceptors (Lipinski definition) is 6. The Hall–Kier alpha value is -3.30. The summed E-state index contributed by atoms with van der Waals surface area (Å²) in [6.45, 7) is 0.533. The lowest BCUT2D eigenvalue weighted by Crippen LogP contribution is -2.47. The van der Waals surface area contributed by atoms with E-state index in [0.29, 0.717) is 35.2 Å². The molecule has 186 valence electrons. The van der Waals surface area contributed by atoms with Gasteiger partial charge in [-0.15, -0.1) is 0 Å². The van der Waals surface area contributed by atoms with Crippen LogP contribution in [0.4, 0.5) is 16.2 Å². The molecule has 5 rings (SSSR count). The molecular weight excluding hydrogens is 450 g/mol. The minimum atomic E-state index is -0.517. The van der Waals surface area contributed by atoms with Crippen LogP contribution in [0, 0.1) is 5.92 Å². The van der Waals surface area contributed by atoms with Crippen LogP contribution in [0.2, 0.25) is 0 Å². The van der Waals surface area contributed by atoms with Crippen LogP contribution in [0.5, 0.6) is 11.5 Å². The third kappa shape index (κ3) is 5.52. The summed E-state index contributed by atoms with van der Waals surface area (Å²) in [4.78, 5) is 24.9. The highest BCUT2D eigenvalue weighted by molar-refractivity contribution is 5.99. The predicted octanol–water partition coefficient (Wildman–Crippen LogP) is 3.25. The molecule has 3 aliphatic rings. The van der Waals surface area contributed by atoms with Gasteiger partial charge in [0.1, 0.15) is 23.7 Å². The zero-order chi connectivity index (χ0) is 24.4. The number of aliphatic hydroxyl groups excluding tert-OH is 1. The Balaban J connectivity index is 1.24. The molecule has 0 spiro atoms. The highest BCUT2D eigenvalue weighted by atomic mass is 16.6. The minimum Gasteiger partial charge on any atom is -0.497 e. The van der Waals surface area contributed by atoms with Gasteiger partial charge in [0.25, 0.3) is 0 Å². The summed E-state index contributed by atoms with van der Waals surface area (Å²) in [6.07, 6.45) is 2.06. The smallest absolute Gasteiger partial charge is 0.323 e.